The summed E-state index contributed by atoms with van der Waals surface area (Å²) < 4.78 is 72.8. The minimum absolute atomic E-state index is 0.114. The number of alkyl halides is 4. The molecule has 6 heteroatoms. The van der Waals surface area contributed by atoms with Gasteiger partial charge in [0.25, 0.3) is 5.92 Å². The molecule has 4 rings (SSSR count). The van der Waals surface area contributed by atoms with Crippen LogP contribution < -0.4 is 4.74 Å². The third-order valence-corrected chi connectivity index (χ3v) is 9.76. The molecule has 36 heavy (non-hydrogen) atoms. The Morgan fingerprint density at radius 1 is 0.806 bits per heavy atom. The van der Waals surface area contributed by atoms with Crippen molar-refractivity contribution in [3.63, 3.8) is 0 Å². The molecule has 0 amide bonds. The molecule has 1 aromatic carbocycles. The van der Waals surface area contributed by atoms with Gasteiger partial charge in [-0.3, -0.25) is 0 Å². The highest BCUT2D eigenvalue weighted by molar-refractivity contribution is 5.30. The van der Waals surface area contributed by atoms with E-state index in [4.69, 9.17) is 0 Å². The molecule has 0 aromatic heterocycles. The van der Waals surface area contributed by atoms with Gasteiger partial charge in [-0.25, -0.2) is 13.2 Å². The Labute approximate surface area is 213 Å². The highest BCUT2D eigenvalue weighted by atomic mass is 19.3. The van der Waals surface area contributed by atoms with Gasteiger partial charge in [-0.2, -0.15) is 8.78 Å². The smallest absolute Gasteiger partial charge is 0.387 e. The van der Waals surface area contributed by atoms with E-state index in [1.807, 2.05) is 0 Å². The fourth-order valence-corrected chi connectivity index (χ4v) is 7.72. The first kappa shape index (κ1) is 27.7. The van der Waals surface area contributed by atoms with E-state index >= 15 is 8.78 Å². The molecule has 0 radical (unpaired) electrons. The maximum absolute atomic E-state index is 15.1. The van der Waals surface area contributed by atoms with Crippen molar-refractivity contribution in [2.24, 2.45) is 35.5 Å². The highest BCUT2D eigenvalue weighted by Crippen LogP contribution is 2.48. The molecule has 3 fully saturated rings. The molecule has 0 saturated heterocycles. The van der Waals surface area contributed by atoms with E-state index in [1.54, 1.807) is 0 Å². The van der Waals surface area contributed by atoms with Crippen LogP contribution in [-0.4, -0.2) is 12.5 Å². The van der Waals surface area contributed by atoms with Crippen LogP contribution in [0.1, 0.15) is 102 Å². The van der Waals surface area contributed by atoms with Gasteiger partial charge in [0.2, 0.25) is 0 Å². The lowest BCUT2D eigenvalue weighted by Crippen LogP contribution is -2.36. The van der Waals surface area contributed by atoms with Crippen LogP contribution in [0.2, 0.25) is 0 Å². The molecule has 1 nitrogen and oxygen atoms in total. The number of benzene rings is 1. The van der Waals surface area contributed by atoms with Crippen molar-refractivity contribution >= 4 is 0 Å². The Hall–Kier alpha value is -1.33. The largest absolute Gasteiger partial charge is 0.432 e. The third-order valence-electron chi connectivity index (χ3n) is 9.76. The summed E-state index contributed by atoms with van der Waals surface area (Å²) in [7, 11) is 0. The zero-order valence-electron chi connectivity index (χ0n) is 21.7. The Balaban J connectivity index is 1.21. The maximum Gasteiger partial charge on any atom is 0.387 e. The average Bonchev–Trinajstić information content (AvgIpc) is 2.86. The SMILES string of the molecule is CCCC1CCC(C2CCC(C3CCC(C(F)(F)Cc4ccc(OC(F)F)c(F)c4)CC3)CC2)CC1. The van der Waals surface area contributed by atoms with Gasteiger partial charge in [0, 0.05) is 12.3 Å². The maximum atomic E-state index is 15.1. The zero-order valence-corrected chi connectivity index (χ0v) is 21.7. The lowest BCUT2D eigenvalue weighted by atomic mass is 9.64. The minimum Gasteiger partial charge on any atom is -0.432 e. The van der Waals surface area contributed by atoms with Crippen molar-refractivity contribution in [1.29, 1.82) is 0 Å². The lowest BCUT2D eigenvalue weighted by molar-refractivity contribution is -0.0780. The van der Waals surface area contributed by atoms with Crippen LogP contribution in [0.3, 0.4) is 0 Å². The van der Waals surface area contributed by atoms with Crippen molar-refractivity contribution in [2.45, 2.75) is 116 Å². The second kappa shape index (κ2) is 12.5. The summed E-state index contributed by atoms with van der Waals surface area (Å²) in [6.45, 7) is -0.860. The van der Waals surface area contributed by atoms with E-state index < -0.39 is 36.4 Å². The Bertz CT molecular complexity index is 804. The van der Waals surface area contributed by atoms with Gasteiger partial charge < -0.3 is 4.74 Å². The van der Waals surface area contributed by atoms with Crippen LogP contribution in [0.15, 0.2) is 18.2 Å². The Morgan fingerprint density at radius 2 is 1.31 bits per heavy atom. The van der Waals surface area contributed by atoms with E-state index in [1.165, 1.54) is 70.3 Å². The fourth-order valence-electron chi connectivity index (χ4n) is 7.72. The van der Waals surface area contributed by atoms with Crippen molar-refractivity contribution in [1.82, 2.24) is 0 Å². The number of hydrogen-bond donors (Lipinski definition) is 0. The molecule has 0 N–H and O–H groups in total. The quantitative estimate of drug-likeness (QED) is 0.298. The summed E-state index contributed by atoms with van der Waals surface area (Å²) in [6, 6.07) is 3.16. The van der Waals surface area contributed by atoms with Crippen LogP contribution in [0.4, 0.5) is 22.0 Å². The van der Waals surface area contributed by atoms with Gasteiger partial charge >= 0.3 is 6.61 Å². The standard InChI is InChI=1S/C30H43F5O/c1-2-3-20-4-7-22(8-5-20)23-9-11-24(12-10-23)25-13-15-26(16-14-25)30(34,35)19-21-6-17-28(27(31)18-21)36-29(32)33/h6,17-18,20,22-26,29H,2-5,7-16,19H2,1H3. The van der Waals surface area contributed by atoms with Gasteiger partial charge in [-0.15, -0.1) is 0 Å². The van der Waals surface area contributed by atoms with Crippen LogP contribution in [-0.2, 0) is 6.42 Å². The minimum atomic E-state index is -3.15. The molecule has 1 aromatic rings. The van der Waals surface area contributed by atoms with Gasteiger partial charge in [0.15, 0.2) is 11.6 Å². The molecule has 204 valence electrons. The van der Waals surface area contributed by atoms with E-state index in [9.17, 15) is 13.2 Å². The van der Waals surface area contributed by atoms with Crippen molar-refractivity contribution in [3.05, 3.63) is 29.6 Å². The first-order chi connectivity index (χ1) is 17.2. The van der Waals surface area contributed by atoms with Gasteiger partial charge in [-0.1, -0.05) is 38.7 Å². The summed E-state index contributed by atoms with van der Waals surface area (Å²) in [5.74, 6) is -1.30. The fraction of sp³-hybridized carbons (Fsp3) is 0.800. The summed E-state index contributed by atoms with van der Waals surface area (Å²) in [6.07, 6.45) is 15.7. The predicted molar refractivity (Wildman–Crippen MR) is 133 cm³/mol. The zero-order chi connectivity index (χ0) is 25.7. The topological polar surface area (TPSA) is 9.23 Å². The van der Waals surface area contributed by atoms with Crippen LogP contribution in [0, 0.1) is 41.3 Å². The molecule has 3 aliphatic rings. The Kier molecular flexibility index (Phi) is 9.60. The molecule has 0 unspecified atom stereocenters. The van der Waals surface area contributed by atoms with E-state index in [2.05, 4.69) is 11.7 Å². The molecule has 0 bridgehead atoms. The molecular formula is C30H43F5O. The molecular weight excluding hydrogens is 471 g/mol. The molecule has 0 spiro atoms. The number of rotatable bonds is 9. The molecule has 0 atom stereocenters. The normalized spacial score (nSPS) is 32.0. The third kappa shape index (κ3) is 7.16. The number of hydrogen-bond acceptors (Lipinski definition) is 1. The van der Waals surface area contributed by atoms with Crippen molar-refractivity contribution in [2.75, 3.05) is 0 Å². The number of ether oxygens (including phenoxy) is 1. The van der Waals surface area contributed by atoms with Gasteiger partial charge in [0.1, 0.15) is 0 Å². The molecule has 0 aliphatic heterocycles. The average molecular weight is 515 g/mol. The summed E-state index contributed by atoms with van der Waals surface area (Å²) >= 11 is 0. The second-order valence-corrected chi connectivity index (χ2v) is 11.9. The van der Waals surface area contributed by atoms with Crippen molar-refractivity contribution < 1.29 is 26.7 Å². The summed E-state index contributed by atoms with van der Waals surface area (Å²) in [5.41, 5.74) is 0.114. The van der Waals surface area contributed by atoms with Crippen LogP contribution in [0.25, 0.3) is 0 Å². The van der Waals surface area contributed by atoms with E-state index in [0.717, 1.165) is 42.7 Å². The Morgan fingerprint density at radius 3 is 1.78 bits per heavy atom. The van der Waals surface area contributed by atoms with Crippen molar-refractivity contribution in [3.8, 4) is 5.75 Å². The van der Waals surface area contributed by atoms with Crippen LogP contribution in [0.5, 0.6) is 5.75 Å². The molecule has 0 heterocycles. The first-order valence-electron chi connectivity index (χ1n) is 14.4. The highest BCUT2D eigenvalue weighted by Gasteiger charge is 2.43. The molecule has 3 aliphatic carbocycles. The first-order valence-corrected chi connectivity index (χ1v) is 14.4. The monoisotopic (exact) mass is 514 g/mol. The number of halogens is 5. The molecule has 3 saturated carbocycles. The lowest BCUT2D eigenvalue weighted by Gasteiger charge is -2.42. The predicted octanol–water partition coefficient (Wildman–Crippen LogP) is 9.82. The second-order valence-electron chi connectivity index (χ2n) is 11.9. The van der Waals surface area contributed by atoms with Gasteiger partial charge in [-0.05, 0) is 111 Å². The summed E-state index contributed by atoms with van der Waals surface area (Å²) in [5, 5.41) is 0. The van der Waals surface area contributed by atoms with Gasteiger partial charge in [0.05, 0.1) is 0 Å². The summed E-state index contributed by atoms with van der Waals surface area (Å²) in [4.78, 5) is 0. The van der Waals surface area contributed by atoms with E-state index in [-0.39, 0.29) is 5.56 Å². The van der Waals surface area contributed by atoms with E-state index in [0.29, 0.717) is 24.7 Å². The van der Waals surface area contributed by atoms with Crippen LogP contribution >= 0.6 is 0 Å².